The first-order chi connectivity index (χ1) is 7.79. The molecule has 8 heteroatoms. The van der Waals surface area contributed by atoms with E-state index in [-0.39, 0.29) is 11.3 Å². The van der Waals surface area contributed by atoms with Gasteiger partial charge < -0.3 is 14.4 Å². The number of esters is 1. The molecular formula is C9H8BrO6S-. The van der Waals surface area contributed by atoms with Crippen molar-refractivity contribution in [3.8, 4) is 5.75 Å². The highest BCUT2D eigenvalue weighted by Crippen LogP contribution is 2.22. The Morgan fingerprint density at radius 1 is 1.47 bits per heavy atom. The van der Waals surface area contributed by atoms with Gasteiger partial charge in [-0.3, -0.25) is 0 Å². The molecule has 0 saturated carbocycles. The van der Waals surface area contributed by atoms with Crippen molar-refractivity contribution < 1.29 is 27.6 Å². The van der Waals surface area contributed by atoms with E-state index < -0.39 is 28.4 Å². The van der Waals surface area contributed by atoms with Crippen LogP contribution in [0.25, 0.3) is 0 Å². The molecule has 0 radical (unpaired) electrons. The Morgan fingerprint density at radius 3 is 2.71 bits per heavy atom. The van der Waals surface area contributed by atoms with Crippen LogP contribution in [0.1, 0.15) is 10.4 Å². The largest absolute Gasteiger partial charge is 0.748 e. The van der Waals surface area contributed by atoms with Crippen LogP contribution >= 0.6 is 15.9 Å². The van der Waals surface area contributed by atoms with Crippen molar-refractivity contribution in [2.45, 2.75) is 0 Å². The van der Waals surface area contributed by atoms with Gasteiger partial charge in [0.2, 0.25) is 0 Å². The van der Waals surface area contributed by atoms with Crippen LogP contribution < -0.4 is 0 Å². The maximum absolute atomic E-state index is 11.4. The second kappa shape index (κ2) is 5.48. The Hall–Kier alpha value is -1.12. The van der Waals surface area contributed by atoms with Gasteiger partial charge in [0, 0.05) is 4.47 Å². The fourth-order valence-electron chi connectivity index (χ4n) is 0.986. The predicted molar refractivity (Wildman–Crippen MR) is 60.7 cm³/mol. The number of phenolic OH excluding ortho intramolecular Hbond substituents is 1. The third-order valence-corrected chi connectivity index (χ3v) is 2.90. The molecule has 0 heterocycles. The van der Waals surface area contributed by atoms with Crippen LogP contribution in [0.2, 0.25) is 0 Å². The van der Waals surface area contributed by atoms with Gasteiger partial charge in [-0.25, -0.2) is 13.2 Å². The highest BCUT2D eigenvalue weighted by molar-refractivity contribution is 9.10. The van der Waals surface area contributed by atoms with Gasteiger partial charge in [-0.2, -0.15) is 0 Å². The maximum Gasteiger partial charge on any atom is 0.341 e. The molecule has 0 aliphatic heterocycles. The van der Waals surface area contributed by atoms with Crippen LogP contribution in [0.15, 0.2) is 22.7 Å². The van der Waals surface area contributed by atoms with E-state index in [4.69, 9.17) is 0 Å². The molecule has 0 bridgehead atoms. The number of carbonyl (C=O) groups excluding carboxylic acids is 1. The summed E-state index contributed by atoms with van der Waals surface area (Å²) in [5.74, 6) is -1.98. The molecule has 0 aliphatic carbocycles. The Bertz CT molecular complexity index is 524. The van der Waals surface area contributed by atoms with E-state index in [1.165, 1.54) is 18.2 Å². The van der Waals surface area contributed by atoms with Gasteiger partial charge in [0.05, 0.1) is 15.9 Å². The zero-order chi connectivity index (χ0) is 13.1. The van der Waals surface area contributed by atoms with Crippen molar-refractivity contribution >= 4 is 32.0 Å². The fourth-order valence-corrected chi connectivity index (χ4v) is 1.63. The van der Waals surface area contributed by atoms with Crippen LogP contribution in [-0.4, -0.2) is 36.4 Å². The minimum absolute atomic E-state index is 0.109. The van der Waals surface area contributed by atoms with Crippen LogP contribution in [0.5, 0.6) is 5.75 Å². The number of hydrogen-bond acceptors (Lipinski definition) is 6. The van der Waals surface area contributed by atoms with Crippen LogP contribution in [-0.2, 0) is 14.9 Å². The van der Waals surface area contributed by atoms with Gasteiger partial charge in [-0.1, -0.05) is 15.9 Å². The molecular weight excluding hydrogens is 316 g/mol. The molecule has 0 fully saturated rings. The van der Waals surface area contributed by atoms with E-state index in [9.17, 15) is 22.9 Å². The topological polar surface area (TPSA) is 104 Å². The molecule has 0 aliphatic rings. The number of benzene rings is 1. The van der Waals surface area contributed by atoms with Crippen LogP contribution in [0.3, 0.4) is 0 Å². The van der Waals surface area contributed by atoms with Crippen LogP contribution in [0, 0.1) is 0 Å². The summed E-state index contributed by atoms with van der Waals surface area (Å²) in [5, 5.41) is 9.36. The molecule has 94 valence electrons. The first-order valence-electron chi connectivity index (χ1n) is 4.39. The smallest absolute Gasteiger partial charge is 0.341 e. The quantitative estimate of drug-likeness (QED) is 0.651. The second-order valence-electron chi connectivity index (χ2n) is 3.06. The third kappa shape index (κ3) is 4.72. The average Bonchev–Trinajstić information content (AvgIpc) is 2.19. The summed E-state index contributed by atoms with van der Waals surface area (Å²) >= 11 is 3.10. The molecule has 0 aromatic heterocycles. The Morgan fingerprint density at radius 2 is 2.12 bits per heavy atom. The third-order valence-electron chi connectivity index (χ3n) is 1.75. The maximum atomic E-state index is 11.4. The number of aromatic hydroxyl groups is 1. The molecule has 17 heavy (non-hydrogen) atoms. The van der Waals surface area contributed by atoms with E-state index in [0.29, 0.717) is 4.47 Å². The summed E-state index contributed by atoms with van der Waals surface area (Å²) in [4.78, 5) is 11.4. The molecule has 0 spiro atoms. The number of hydrogen-bond donors (Lipinski definition) is 1. The van der Waals surface area contributed by atoms with E-state index in [0.717, 1.165) is 0 Å². The minimum Gasteiger partial charge on any atom is -0.748 e. The van der Waals surface area contributed by atoms with E-state index in [1.54, 1.807) is 0 Å². The van der Waals surface area contributed by atoms with E-state index in [2.05, 4.69) is 20.7 Å². The number of phenols is 1. The molecule has 6 nitrogen and oxygen atoms in total. The predicted octanol–water partition coefficient (Wildman–Crippen LogP) is 0.857. The summed E-state index contributed by atoms with van der Waals surface area (Å²) in [5.41, 5.74) is -0.109. The van der Waals surface area contributed by atoms with Crippen molar-refractivity contribution in [1.29, 1.82) is 0 Å². The lowest BCUT2D eigenvalue weighted by atomic mass is 10.2. The molecule has 0 amide bonds. The number of rotatable bonds is 4. The lowest BCUT2D eigenvalue weighted by Gasteiger charge is -2.08. The molecule has 0 saturated heterocycles. The Labute approximate surface area is 106 Å². The monoisotopic (exact) mass is 323 g/mol. The van der Waals surface area contributed by atoms with Crippen molar-refractivity contribution in [1.82, 2.24) is 0 Å². The highest BCUT2D eigenvalue weighted by Gasteiger charge is 2.13. The summed E-state index contributed by atoms with van der Waals surface area (Å²) in [6, 6.07) is 4.13. The van der Waals surface area contributed by atoms with Gasteiger partial charge in [-0.05, 0) is 18.2 Å². The van der Waals surface area contributed by atoms with Crippen LogP contribution in [0.4, 0.5) is 0 Å². The number of carbonyl (C=O) groups is 1. The molecule has 1 rings (SSSR count). The Kier molecular flexibility index (Phi) is 4.49. The molecule has 0 atom stereocenters. The van der Waals surface area contributed by atoms with Gasteiger partial charge in [0.15, 0.2) is 0 Å². The van der Waals surface area contributed by atoms with Crippen molar-refractivity contribution in [3.63, 3.8) is 0 Å². The first-order valence-corrected chi connectivity index (χ1v) is 6.76. The lowest BCUT2D eigenvalue weighted by molar-refractivity contribution is 0.0525. The van der Waals surface area contributed by atoms with Gasteiger partial charge in [-0.15, -0.1) is 0 Å². The summed E-state index contributed by atoms with van der Waals surface area (Å²) < 4.78 is 35.9. The van der Waals surface area contributed by atoms with Crippen molar-refractivity contribution in [2.24, 2.45) is 0 Å². The number of halogens is 1. The van der Waals surface area contributed by atoms with Gasteiger partial charge in [0.25, 0.3) is 0 Å². The van der Waals surface area contributed by atoms with Crippen molar-refractivity contribution in [2.75, 3.05) is 12.4 Å². The molecule has 1 aromatic carbocycles. The average molecular weight is 324 g/mol. The van der Waals surface area contributed by atoms with Crippen molar-refractivity contribution in [3.05, 3.63) is 28.2 Å². The second-order valence-corrected chi connectivity index (χ2v) is 5.50. The number of ether oxygens (including phenoxy) is 1. The standard InChI is InChI=1S/C9H9BrO6S/c10-6-1-2-8(11)7(5-6)9(12)16-3-4-17(13,14)15/h1-2,5,11H,3-4H2,(H,13,14,15)/p-1. The van der Waals surface area contributed by atoms with Gasteiger partial charge in [0.1, 0.15) is 17.9 Å². The Balaban J connectivity index is 2.67. The van der Waals surface area contributed by atoms with E-state index in [1.807, 2.05) is 0 Å². The minimum atomic E-state index is -4.42. The lowest BCUT2D eigenvalue weighted by Crippen LogP contribution is -2.15. The SMILES string of the molecule is O=C(OCCS(=O)(=O)[O-])c1cc(Br)ccc1O. The molecule has 1 N–H and O–H groups in total. The summed E-state index contributed by atoms with van der Waals surface area (Å²) in [7, 11) is -4.42. The normalized spacial score (nSPS) is 11.2. The zero-order valence-electron chi connectivity index (χ0n) is 8.42. The zero-order valence-corrected chi connectivity index (χ0v) is 10.8. The fraction of sp³-hybridized carbons (Fsp3) is 0.222. The molecule has 1 aromatic rings. The summed E-state index contributed by atoms with van der Waals surface area (Å²) in [6.07, 6.45) is 0. The molecule has 0 unspecified atom stereocenters. The summed E-state index contributed by atoms with van der Waals surface area (Å²) in [6.45, 7) is -0.545. The first kappa shape index (κ1) is 13.9. The highest BCUT2D eigenvalue weighted by atomic mass is 79.9. The van der Waals surface area contributed by atoms with Gasteiger partial charge >= 0.3 is 5.97 Å². The van der Waals surface area contributed by atoms with E-state index >= 15 is 0 Å².